The van der Waals surface area contributed by atoms with Crippen LogP contribution < -0.4 is 10.0 Å². The highest BCUT2D eigenvalue weighted by Crippen LogP contribution is 2.51. The van der Waals surface area contributed by atoms with E-state index in [9.17, 15) is 4.79 Å². The van der Waals surface area contributed by atoms with Crippen LogP contribution in [0.5, 0.6) is 0 Å². The summed E-state index contributed by atoms with van der Waals surface area (Å²) in [5.41, 5.74) is 2.62. The first kappa shape index (κ1) is 20.0. The third-order valence-electron chi connectivity index (χ3n) is 5.51. The summed E-state index contributed by atoms with van der Waals surface area (Å²) in [6.45, 7) is 0. The number of rotatable bonds is 4. The van der Waals surface area contributed by atoms with Gasteiger partial charge in [-0.05, 0) is 47.5 Å². The first-order chi connectivity index (χ1) is 15.1. The molecule has 5 rings (SSSR count). The molecule has 0 N–H and O–H groups in total. The summed E-state index contributed by atoms with van der Waals surface area (Å²) in [6.07, 6.45) is 0. The Morgan fingerprint density at radius 1 is 0.581 bits per heavy atom. The number of amides is 1. The SMILES string of the molecule is O=C1N(c2cccc(Br)c2)N(c2cccc(Br)c2)C1(c1ccccc1)c1ccccc1. The van der Waals surface area contributed by atoms with Gasteiger partial charge in [-0.3, -0.25) is 9.80 Å². The maximum absolute atomic E-state index is 14.1. The summed E-state index contributed by atoms with van der Waals surface area (Å²) in [5, 5.41) is 3.85. The minimum atomic E-state index is -0.967. The summed E-state index contributed by atoms with van der Waals surface area (Å²) < 4.78 is 1.87. The van der Waals surface area contributed by atoms with E-state index >= 15 is 0 Å². The van der Waals surface area contributed by atoms with Crippen molar-refractivity contribution in [2.75, 3.05) is 10.0 Å². The van der Waals surface area contributed by atoms with Crippen LogP contribution in [0.4, 0.5) is 11.4 Å². The molecule has 4 aromatic rings. The first-order valence-electron chi connectivity index (χ1n) is 9.89. The lowest BCUT2D eigenvalue weighted by Gasteiger charge is -2.59. The van der Waals surface area contributed by atoms with E-state index in [1.165, 1.54) is 0 Å². The number of hydrazine groups is 1. The van der Waals surface area contributed by atoms with E-state index in [1.807, 2.05) is 109 Å². The van der Waals surface area contributed by atoms with Crippen molar-refractivity contribution in [1.82, 2.24) is 0 Å². The summed E-state index contributed by atoms with van der Waals surface area (Å²) in [7, 11) is 0. The Labute approximate surface area is 198 Å². The van der Waals surface area contributed by atoms with Gasteiger partial charge in [-0.2, -0.15) is 0 Å². The lowest BCUT2D eigenvalue weighted by Crippen LogP contribution is -2.77. The highest BCUT2D eigenvalue weighted by molar-refractivity contribution is 9.10. The van der Waals surface area contributed by atoms with E-state index in [-0.39, 0.29) is 5.91 Å². The molecular weight excluding hydrogens is 516 g/mol. The fourth-order valence-electron chi connectivity index (χ4n) is 4.21. The maximum atomic E-state index is 14.1. The van der Waals surface area contributed by atoms with Crippen molar-refractivity contribution in [2.24, 2.45) is 0 Å². The second-order valence-electron chi connectivity index (χ2n) is 7.33. The van der Waals surface area contributed by atoms with Crippen LogP contribution in [-0.2, 0) is 10.3 Å². The molecule has 1 aliphatic heterocycles. The van der Waals surface area contributed by atoms with Crippen molar-refractivity contribution in [3.05, 3.63) is 129 Å². The highest BCUT2D eigenvalue weighted by atomic mass is 79.9. The molecule has 1 saturated heterocycles. The molecule has 1 heterocycles. The van der Waals surface area contributed by atoms with E-state index in [0.29, 0.717) is 0 Å². The zero-order valence-corrected chi connectivity index (χ0v) is 19.6. The molecule has 1 aliphatic rings. The maximum Gasteiger partial charge on any atom is 0.283 e. The molecule has 0 atom stereocenters. The van der Waals surface area contributed by atoms with Crippen molar-refractivity contribution in [2.45, 2.75) is 5.54 Å². The first-order valence-corrected chi connectivity index (χ1v) is 11.5. The Hall–Kier alpha value is -2.89. The molecule has 0 saturated carbocycles. The number of halogens is 2. The average Bonchev–Trinajstić information content (AvgIpc) is 2.79. The van der Waals surface area contributed by atoms with Crippen LogP contribution in [-0.4, -0.2) is 5.91 Å². The minimum Gasteiger partial charge on any atom is -0.269 e. The molecule has 31 heavy (non-hydrogen) atoms. The summed E-state index contributed by atoms with van der Waals surface area (Å²) in [6, 6.07) is 35.8. The molecule has 1 fully saturated rings. The van der Waals surface area contributed by atoms with Gasteiger partial charge in [-0.15, -0.1) is 0 Å². The fraction of sp³-hybridized carbons (Fsp3) is 0.0385. The van der Waals surface area contributed by atoms with Gasteiger partial charge in [0.05, 0.1) is 11.4 Å². The second-order valence-corrected chi connectivity index (χ2v) is 9.16. The molecule has 5 heteroatoms. The average molecular weight is 534 g/mol. The largest absolute Gasteiger partial charge is 0.283 e. The van der Waals surface area contributed by atoms with Gasteiger partial charge in [0.1, 0.15) is 0 Å². The fourth-order valence-corrected chi connectivity index (χ4v) is 4.99. The van der Waals surface area contributed by atoms with E-state index in [0.717, 1.165) is 31.4 Å². The minimum absolute atomic E-state index is 0.00276. The summed E-state index contributed by atoms with van der Waals surface area (Å²) >= 11 is 7.14. The second kappa shape index (κ2) is 7.98. The van der Waals surface area contributed by atoms with Gasteiger partial charge >= 0.3 is 0 Å². The molecule has 152 valence electrons. The molecule has 0 aromatic heterocycles. The van der Waals surface area contributed by atoms with Gasteiger partial charge < -0.3 is 0 Å². The molecule has 3 nitrogen and oxygen atoms in total. The number of carbonyl (C=O) groups is 1. The number of anilines is 2. The zero-order chi connectivity index (χ0) is 21.4. The topological polar surface area (TPSA) is 23.6 Å². The molecule has 0 spiro atoms. The number of benzene rings is 4. The van der Waals surface area contributed by atoms with E-state index < -0.39 is 5.54 Å². The van der Waals surface area contributed by atoms with Gasteiger partial charge in [0.2, 0.25) is 0 Å². The third-order valence-corrected chi connectivity index (χ3v) is 6.49. The molecule has 0 radical (unpaired) electrons. The van der Waals surface area contributed by atoms with Crippen LogP contribution in [0, 0.1) is 0 Å². The monoisotopic (exact) mass is 532 g/mol. The van der Waals surface area contributed by atoms with Crippen molar-refractivity contribution in [3.8, 4) is 0 Å². The van der Waals surface area contributed by atoms with Crippen molar-refractivity contribution >= 4 is 49.1 Å². The van der Waals surface area contributed by atoms with Crippen LogP contribution in [0.2, 0.25) is 0 Å². The van der Waals surface area contributed by atoms with E-state index in [2.05, 4.69) is 36.9 Å². The van der Waals surface area contributed by atoms with Gasteiger partial charge in [0.25, 0.3) is 5.91 Å². The molecule has 0 unspecified atom stereocenters. The lowest BCUT2D eigenvalue weighted by atomic mass is 9.77. The normalized spacial score (nSPS) is 15.0. The molecule has 0 aliphatic carbocycles. The molecular formula is C26H18Br2N2O. The van der Waals surface area contributed by atoms with Crippen molar-refractivity contribution < 1.29 is 4.79 Å². The zero-order valence-electron chi connectivity index (χ0n) is 16.5. The van der Waals surface area contributed by atoms with Crippen LogP contribution in [0.1, 0.15) is 11.1 Å². The Morgan fingerprint density at radius 2 is 1.06 bits per heavy atom. The summed E-state index contributed by atoms with van der Waals surface area (Å²) in [5.74, 6) is 0.00276. The molecule has 4 aromatic carbocycles. The quantitative estimate of drug-likeness (QED) is 0.284. The van der Waals surface area contributed by atoms with E-state index in [4.69, 9.17) is 0 Å². The highest BCUT2D eigenvalue weighted by Gasteiger charge is 2.62. The van der Waals surface area contributed by atoms with E-state index in [1.54, 1.807) is 5.01 Å². The Bertz CT molecular complexity index is 1210. The van der Waals surface area contributed by atoms with Gasteiger partial charge in [-0.1, -0.05) is 105 Å². The number of nitrogens with zero attached hydrogens (tertiary/aromatic N) is 2. The van der Waals surface area contributed by atoms with Crippen LogP contribution >= 0.6 is 31.9 Å². The number of hydrogen-bond donors (Lipinski definition) is 0. The van der Waals surface area contributed by atoms with Crippen molar-refractivity contribution in [1.29, 1.82) is 0 Å². The van der Waals surface area contributed by atoms with Crippen LogP contribution in [0.25, 0.3) is 0 Å². The predicted octanol–water partition coefficient (Wildman–Crippen LogP) is 6.92. The number of hydrogen-bond acceptors (Lipinski definition) is 2. The smallest absolute Gasteiger partial charge is 0.269 e. The van der Waals surface area contributed by atoms with Gasteiger partial charge in [-0.25, -0.2) is 5.01 Å². The third kappa shape index (κ3) is 3.20. The number of carbonyl (C=O) groups excluding carboxylic acids is 1. The Morgan fingerprint density at radius 3 is 1.58 bits per heavy atom. The van der Waals surface area contributed by atoms with Crippen molar-refractivity contribution in [3.63, 3.8) is 0 Å². The Balaban J connectivity index is 1.79. The standard InChI is InChI=1S/C26H18Br2N2O/c27-21-13-7-15-23(17-21)29-25(31)26(19-9-3-1-4-10-19,20-11-5-2-6-12-20)30(29)24-16-8-14-22(28)18-24/h1-18H. The Kier molecular flexibility index (Phi) is 5.16. The van der Waals surface area contributed by atoms with Gasteiger partial charge in [0.15, 0.2) is 5.54 Å². The molecule has 0 bridgehead atoms. The van der Waals surface area contributed by atoms with Crippen LogP contribution in [0.3, 0.4) is 0 Å². The molecule has 1 amide bonds. The van der Waals surface area contributed by atoms with Gasteiger partial charge in [0, 0.05) is 8.95 Å². The summed E-state index contributed by atoms with van der Waals surface area (Å²) in [4.78, 5) is 14.1. The lowest BCUT2D eigenvalue weighted by molar-refractivity contribution is -0.128. The predicted molar refractivity (Wildman–Crippen MR) is 132 cm³/mol. The van der Waals surface area contributed by atoms with Crippen LogP contribution in [0.15, 0.2) is 118 Å².